The molecule has 684 valence electrons. The minimum Gasteiger partial charge on any atom is -0.493 e. The van der Waals surface area contributed by atoms with E-state index in [1.54, 1.807) is 0 Å². The molecule has 0 unspecified atom stereocenters. The van der Waals surface area contributed by atoms with Gasteiger partial charge in [-0.15, -0.1) is 0 Å². The highest BCUT2D eigenvalue weighted by atomic mass is 16.5. The molecular formula is C111H174N6O6. The number of hydrogen-bond donors (Lipinski definition) is 0. The fourth-order valence-electron chi connectivity index (χ4n) is 17.0. The molecule has 7 rings (SSSR count). The Morgan fingerprint density at radius 2 is 0.268 bits per heavy atom. The molecule has 0 radical (unpaired) electrons. The van der Waals surface area contributed by atoms with E-state index in [4.69, 9.17) is 59.1 Å². The monoisotopic (exact) mass is 1690 g/mol. The van der Waals surface area contributed by atoms with Crippen molar-refractivity contribution in [1.82, 2.24) is 0 Å². The Labute approximate surface area is 751 Å². The summed E-state index contributed by atoms with van der Waals surface area (Å²) < 4.78 is 41.3. The molecule has 6 aromatic carbocycles. The summed E-state index contributed by atoms with van der Waals surface area (Å²) in [6.07, 6.45) is 77.5. The summed E-state index contributed by atoms with van der Waals surface area (Å²) in [7, 11) is 0. The number of azo groups is 3. The third-order valence-corrected chi connectivity index (χ3v) is 24.8. The first-order valence-corrected chi connectivity index (χ1v) is 51.7. The Balaban J connectivity index is 1.30. The Morgan fingerprint density at radius 3 is 0.390 bits per heavy atom. The zero-order valence-electron chi connectivity index (χ0n) is 79.3. The Kier molecular flexibility index (Phi) is 58.6. The Morgan fingerprint density at radius 1 is 0.154 bits per heavy atom. The average Bonchev–Trinajstić information content (AvgIpc) is 0.864. The summed E-state index contributed by atoms with van der Waals surface area (Å²) in [5, 5.41) is 30.5. The van der Waals surface area contributed by atoms with E-state index in [1.165, 1.54) is 308 Å². The lowest BCUT2D eigenvalue weighted by molar-refractivity contribution is 0.298. The number of fused-ring (bicyclic) bond motifs is 12. The van der Waals surface area contributed by atoms with Gasteiger partial charge in [-0.05, 0) is 148 Å². The predicted octanol–water partition coefficient (Wildman–Crippen LogP) is 37.8. The Bertz CT molecular complexity index is 3110. The van der Waals surface area contributed by atoms with Crippen molar-refractivity contribution in [2.24, 2.45) is 30.7 Å². The number of ether oxygens (including phenoxy) is 6. The zero-order valence-corrected chi connectivity index (χ0v) is 79.3. The van der Waals surface area contributed by atoms with E-state index >= 15 is 0 Å². The van der Waals surface area contributed by atoms with Crippen molar-refractivity contribution in [3.63, 3.8) is 0 Å². The molecule has 1 aliphatic rings. The summed E-state index contributed by atoms with van der Waals surface area (Å²) in [4.78, 5) is 0. The molecule has 0 spiro atoms. The van der Waals surface area contributed by atoms with Crippen LogP contribution in [0.4, 0.5) is 34.1 Å². The number of rotatable bonds is 72. The van der Waals surface area contributed by atoms with E-state index in [1.807, 2.05) is 0 Å². The summed E-state index contributed by atoms with van der Waals surface area (Å²) >= 11 is 0. The van der Waals surface area contributed by atoms with Crippen molar-refractivity contribution in [2.75, 3.05) is 39.6 Å². The third kappa shape index (κ3) is 47.3. The fraction of sp³-hybridized carbons (Fsp3) is 0.676. The lowest BCUT2D eigenvalue weighted by Gasteiger charge is -2.16. The molecule has 12 heteroatoms. The summed E-state index contributed by atoms with van der Waals surface area (Å²) in [5.74, 6) is 5.09. The van der Waals surface area contributed by atoms with Gasteiger partial charge in [0.15, 0.2) is 0 Å². The lowest BCUT2D eigenvalue weighted by Crippen LogP contribution is -2.04. The van der Waals surface area contributed by atoms with E-state index in [0.717, 1.165) is 179 Å². The molecule has 0 fully saturated rings. The first-order valence-electron chi connectivity index (χ1n) is 51.7. The van der Waals surface area contributed by atoms with Crippen LogP contribution in [-0.4, -0.2) is 39.6 Å². The maximum Gasteiger partial charge on any atom is 0.122 e. The molecule has 6 aromatic rings. The van der Waals surface area contributed by atoms with Crippen LogP contribution in [0, 0.1) is 0 Å². The van der Waals surface area contributed by atoms with E-state index in [9.17, 15) is 0 Å². The zero-order chi connectivity index (χ0) is 86.4. The van der Waals surface area contributed by atoms with Gasteiger partial charge in [-0.1, -0.05) is 388 Å². The van der Waals surface area contributed by atoms with E-state index in [0.29, 0.717) is 58.9 Å². The molecule has 123 heavy (non-hydrogen) atoms. The van der Waals surface area contributed by atoms with E-state index < -0.39 is 0 Å². The minimum absolute atomic E-state index is 0.530. The molecule has 1 aliphatic heterocycles. The van der Waals surface area contributed by atoms with Crippen LogP contribution in [0.15, 0.2) is 140 Å². The predicted molar refractivity (Wildman–Crippen MR) is 524 cm³/mol. The van der Waals surface area contributed by atoms with Crippen LogP contribution < -0.4 is 28.4 Å². The lowest BCUT2D eigenvalue weighted by atomic mass is 10.0. The smallest absolute Gasteiger partial charge is 0.122 e. The fourth-order valence-corrected chi connectivity index (χ4v) is 17.0. The van der Waals surface area contributed by atoms with Crippen molar-refractivity contribution >= 4 is 34.1 Å². The largest absolute Gasteiger partial charge is 0.493 e. The van der Waals surface area contributed by atoms with Crippen molar-refractivity contribution in [2.45, 2.75) is 446 Å². The Hall–Kier alpha value is -7.08. The second-order valence-corrected chi connectivity index (χ2v) is 36.1. The highest BCUT2D eigenvalue weighted by Gasteiger charge is 2.19. The van der Waals surface area contributed by atoms with Crippen LogP contribution in [0.25, 0.3) is 0 Å². The van der Waals surface area contributed by atoms with Gasteiger partial charge in [0.25, 0.3) is 0 Å². The third-order valence-electron chi connectivity index (χ3n) is 24.8. The van der Waals surface area contributed by atoms with Gasteiger partial charge in [0.2, 0.25) is 0 Å². The summed E-state index contributed by atoms with van der Waals surface area (Å²) in [5.41, 5.74) is 10.5. The van der Waals surface area contributed by atoms with Crippen LogP contribution in [0.1, 0.15) is 460 Å². The molecule has 1 heterocycles. The van der Waals surface area contributed by atoms with Gasteiger partial charge in [0.05, 0.1) is 73.8 Å². The first-order chi connectivity index (χ1) is 60.9. The molecule has 0 atom stereocenters. The molecule has 0 saturated carbocycles. The SMILES string of the molecule is CCCCCCCCCCCCOc1ccc2cc1Cc1cc(ccc1OCCCCCCCCCCCC)N=Nc1ccc(OCCCCCCCCCCCC)c(c1)Cc1cc(ccc1OCCCCCCCCCCCC)N=Nc1ccc(OCCCCCCCCCCCC)c(c1)Cc1cc(ccc1OCCCCCCCCCCCC)N=N2. The van der Waals surface area contributed by atoms with E-state index in [-0.39, 0.29) is 0 Å². The van der Waals surface area contributed by atoms with Gasteiger partial charge in [0.1, 0.15) is 34.5 Å². The molecular weight excluding hydrogens is 1510 g/mol. The van der Waals surface area contributed by atoms with E-state index in [2.05, 4.69) is 151 Å². The molecule has 0 aromatic heterocycles. The number of hydrogen-bond acceptors (Lipinski definition) is 12. The van der Waals surface area contributed by atoms with Crippen molar-refractivity contribution in [3.8, 4) is 34.5 Å². The van der Waals surface area contributed by atoms with Gasteiger partial charge in [-0.25, -0.2) is 0 Å². The van der Waals surface area contributed by atoms with Gasteiger partial charge in [0, 0.05) is 52.6 Å². The van der Waals surface area contributed by atoms with Crippen LogP contribution in [0.3, 0.4) is 0 Å². The number of benzene rings is 6. The van der Waals surface area contributed by atoms with Gasteiger partial charge >= 0.3 is 0 Å². The molecule has 0 aliphatic carbocycles. The summed E-state index contributed by atoms with van der Waals surface area (Å²) in [6.45, 7) is 17.6. The topological polar surface area (TPSA) is 130 Å². The van der Waals surface area contributed by atoms with Gasteiger partial charge in [-0.2, -0.15) is 30.7 Å². The molecule has 12 bridgehead atoms. The molecule has 0 saturated heterocycles. The summed E-state index contributed by atoms with van der Waals surface area (Å²) in [6, 6.07) is 38.0. The second kappa shape index (κ2) is 70.0. The second-order valence-electron chi connectivity index (χ2n) is 36.1. The van der Waals surface area contributed by atoms with Gasteiger partial charge in [-0.3, -0.25) is 0 Å². The highest BCUT2D eigenvalue weighted by molar-refractivity contribution is 5.58. The van der Waals surface area contributed by atoms with Crippen LogP contribution in [0.5, 0.6) is 34.5 Å². The normalized spacial score (nSPS) is 12.1. The first kappa shape index (κ1) is 103. The van der Waals surface area contributed by atoms with Crippen molar-refractivity contribution in [1.29, 1.82) is 0 Å². The minimum atomic E-state index is 0.530. The van der Waals surface area contributed by atoms with Crippen molar-refractivity contribution < 1.29 is 28.4 Å². The van der Waals surface area contributed by atoms with Crippen LogP contribution in [0.2, 0.25) is 0 Å². The maximum atomic E-state index is 6.88. The van der Waals surface area contributed by atoms with Gasteiger partial charge < -0.3 is 28.4 Å². The number of nitrogens with zero attached hydrogens (tertiary/aromatic N) is 6. The maximum absolute atomic E-state index is 6.88. The van der Waals surface area contributed by atoms with Crippen LogP contribution >= 0.6 is 0 Å². The quantitative estimate of drug-likeness (QED) is 0.0349. The number of unbranched alkanes of at least 4 members (excludes halogenated alkanes) is 54. The molecule has 0 amide bonds. The highest BCUT2D eigenvalue weighted by Crippen LogP contribution is 2.40. The van der Waals surface area contributed by atoms with Crippen molar-refractivity contribution in [3.05, 3.63) is 143 Å². The molecule has 12 nitrogen and oxygen atoms in total. The standard InChI is InChI=1S/C111H174N6O6/c1-7-13-19-25-31-37-43-49-55-61-79-118-106-73-67-100-88-94(106)85-95-89-101(68-74-107(95)119-80-62-56-50-44-38-32-26-20-14-8-2)114-115-103-70-76-109(121-82-64-58-52-46-40-34-28-22-16-10-4)98(91-103)87-99-93-105(72-78-111(99)123-84-66-60-54-48-42-36-30-24-18-12-6)117-116-104-71-77-110(122-83-65-59-53-47-41-35-29-23-17-11-5)97(92-104)86-96-90-102(113-112-100)69-75-108(96)120-81-63-57-51-45-39-33-27-21-15-9-3/h67-78,88-93H,7-66,79-87H2,1-6H3. The average molecular weight is 1690 g/mol. The molecule has 0 N–H and O–H groups in total. The van der Waals surface area contributed by atoms with Crippen LogP contribution in [-0.2, 0) is 19.3 Å².